The molecule has 1 atom stereocenters. The summed E-state index contributed by atoms with van der Waals surface area (Å²) in [5.41, 5.74) is 0.470. The third kappa shape index (κ3) is 5.13. The fourth-order valence-corrected chi connectivity index (χ4v) is 2.17. The van der Waals surface area contributed by atoms with Gasteiger partial charge < -0.3 is 5.32 Å². The molecule has 0 saturated heterocycles. The summed E-state index contributed by atoms with van der Waals surface area (Å²) in [5.74, 6) is -0.676. The van der Waals surface area contributed by atoms with Crippen molar-refractivity contribution in [1.29, 1.82) is 0 Å². The molecule has 0 saturated carbocycles. The minimum atomic E-state index is -0.366. The van der Waals surface area contributed by atoms with Gasteiger partial charge in [-0.1, -0.05) is 33.1 Å². The number of rotatable bonds is 8. The van der Waals surface area contributed by atoms with Crippen LogP contribution in [0.5, 0.6) is 0 Å². The number of halogens is 2. The summed E-state index contributed by atoms with van der Waals surface area (Å²) in [6, 6.07) is 3.91. The molecule has 1 N–H and O–H groups in total. The quantitative estimate of drug-likeness (QED) is 0.691. The Balaban J connectivity index is 2.60. The minimum Gasteiger partial charge on any atom is -0.314 e. The highest BCUT2D eigenvalue weighted by atomic mass is 19.1. The van der Waals surface area contributed by atoms with Crippen LogP contribution in [-0.4, -0.2) is 12.6 Å². The van der Waals surface area contributed by atoms with E-state index in [4.69, 9.17) is 0 Å². The van der Waals surface area contributed by atoms with Crippen molar-refractivity contribution in [2.24, 2.45) is 0 Å². The first-order valence-corrected chi connectivity index (χ1v) is 6.84. The maximum atomic E-state index is 13.6. The van der Waals surface area contributed by atoms with Gasteiger partial charge in [-0.05, 0) is 43.1 Å². The van der Waals surface area contributed by atoms with Crippen LogP contribution >= 0.6 is 0 Å². The van der Waals surface area contributed by atoms with E-state index in [0.29, 0.717) is 12.0 Å². The molecule has 0 aliphatic heterocycles. The molecule has 1 aromatic rings. The third-order valence-electron chi connectivity index (χ3n) is 3.12. The van der Waals surface area contributed by atoms with Gasteiger partial charge in [0.1, 0.15) is 11.6 Å². The number of hydrogen-bond acceptors (Lipinski definition) is 1. The van der Waals surface area contributed by atoms with E-state index in [-0.39, 0.29) is 17.7 Å². The maximum Gasteiger partial charge on any atom is 0.126 e. The van der Waals surface area contributed by atoms with Crippen LogP contribution in [0.4, 0.5) is 8.78 Å². The highest BCUT2D eigenvalue weighted by Gasteiger charge is 2.12. The lowest BCUT2D eigenvalue weighted by atomic mass is 10.00. The van der Waals surface area contributed by atoms with Crippen LogP contribution < -0.4 is 5.32 Å². The molecule has 0 bridgehead atoms. The van der Waals surface area contributed by atoms with Gasteiger partial charge in [0.15, 0.2) is 0 Å². The highest BCUT2D eigenvalue weighted by Crippen LogP contribution is 2.15. The third-order valence-corrected chi connectivity index (χ3v) is 3.12. The monoisotopic (exact) mass is 255 g/mol. The Kier molecular flexibility index (Phi) is 6.88. The molecule has 1 aromatic carbocycles. The topological polar surface area (TPSA) is 12.0 Å². The summed E-state index contributed by atoms with van der Waals surface area (Å²) in [6.45, 7) is 5.05. The molecule has 0 radical (unpaired) electrons. The highest BCUT2D eigenvalue weighted by molar-refractivity contribution is 5.19. The van der Waals surface area contributed by atoms with E-state index in [9.17, 15) is 8.78 Å². The predicted octanol–water partition coefficient (Wildman–Crippen LogP) is 4.07. The summed E-state index contributed by atoms with van der Waals surface area (Å²) in [5, 5.41) is 3.35. The normalized spacial score (nSPS) is 12.7. The average molecular weight is 255 g/mol. The van der Waals surface area contributed by atoms with E-state index in [1.54, 1.807) is 0 Å². The lowest BCUT2D eigenvalue weighted by molar-refractivity contribution is 0.457. The molecular weight excluding hydrogens is 232 g/mol. The molecule has 0 aromatic heterocycles. The van der Waals surface area contributed by atoms with Crippen molar-refractivity contribution >= 4 is 0 Å². The fourth-order valence-electron chi connectivity index (χ4n) is 2.17. The lowest BCUT2D eigenvalue weighted by Gasteiger charge is -2.18. The van der Waals surface area contributed by atoms with Crippen molar-refractivity contribution in [3.8, 4) is 0 Å². The smallest absolute Gasteiger partial charge is 0.126 e. The SMILES string of the molecule is CCCCCC(Cc1cc(F)ccc1F)NCC. The number of unbranched alkanes of at least 4 members (excludes halogenated alkanes) is 2. The van der Waals surface area contributed by atoms with E-state index in [1.165, 1.54) is 25.0 Å². The molecule has 1 rings (SSSR count). The largest absolute Gasteiger partial charge is 0.314 e. The van der Waals surface area contributed by atoms with Crippen molar-refractivity contribution in [2.75, 3.05) is 6.54 Å². The molecule has 0 heterocycles. The first-order chi connectivity index (χ1) is 8.67. The fraction of sp³-hybridized carbons (Fsp3) is 0.600. The molecule has 0 fully saturated rings. The number of nitrogens with one attached hydrogen (secondary N) is 1. The maximum absolute atomic E-state index is 13.6. The summed E-state index contributed by atoms with van der Waals surface area (Å²) >= 11 is 0. The van der Waals surface area contributed by atoms with E-state index in [2.05, 4.69) is 12.2 Å². The van der Waals surface area contributed by atoms with E-state index in [0.717, 1.165) is 25.5 Å². The number of benzene rings is 1. The average Bonchev–Trinajstić information content (AvgIpc) is 2.34. The Morgan fingerprint density at radius 2 is 1.94 bits per heavy atom. The van der Waals surface area contributed by atoms with Crippen LogP contribution in [0.15, 0.2) is 18.2 Å². The second kappa shape index (κ2) is 8.20. The van der Waals surface area contributed by atoms with Crippen molar-refractivity contribution in [2.45, 2.75) is 52.0 Å². The van der Waals surface area contributed by atoms with Crippen LogP contribution in [0.3, 0.4) is 0 Å². The second-order valence-electron chi connectivity index (χ2n) is 4.69. The van der Waals surface area contributed by atoms with Crippen LogP contribution in [0.2, 0.25) is 0 Å². The zero-order valence-electron chi connectivity index (χ0n) is 11.3. The van der Waals surface area contributed by atoms with Gasteiger partial charge in [0.2, 0.25) is 0 Å². The van der Waals surface area contributed by atoms with Gasteiger partial charge in [-0.3, -0.25) is 0 Å². The molecule has 0 spiro atoms. The van der Waals surface area contributed by atoms with Crippen LogP contribution in [0, 0.1) is 11.6 Å². The zero-order valence-corrected chi connectivity index (χ0v) is 11.3. The van der Waals surface area contributed by atoms with Crippen LogP contribution in [0.1, 0.15) is 45.1 Å². The molecule has 102 valence electrons. The van der Waals surface area contributed by atoms with E-state index in [1.807, 2.05) is 6.92 Å². The first-order valence-electron chi connectivity index (χ1n) is 6.84. The molecule has 1 nitrogen and oxygen atoms in total. The van der Waals surface area contributed by atoms with Gasteiger partial charge in [-0.15, -0.1) is 0 Å². The number of likely N-dealkylation sites (N-methyl/N-ethyl adjacent to an activating group) is 1. The second-order valence-corrected chi connectivity index (χ2v) is 4.69. The molecular formula is C15H23F2N. The van der Waals surface area contributed by atoms with Crippen molar-refractivity contribution in [1.82, 2.24) is 5.32 Å². The summed E-state index contributed by atoms with van der Waals surface area (Å²) in [7, 11) is 0. The molecule has 0 amide bonds. The summed E-state index contributed by atoms with van der Waals surface area (Å²) < 4.78 is 26.7. The van der Waals surface area contributed by atoms with Gasteiger partial charge in [-0.2, -0.15) is 0 Å². The van der Waals surface area contributed by atoms with Crippen molar-refractivity contribution < 1.29 is 8.78 Å². The van der Waals surface area contributed by atoms with E-state index < -0.39 is 0 Å². The van der Waals surface area contributed by atoms with Crippen molar-refractivity contribution in [3.05, 3.63) is 35.4 Å². The Bertz CT molecular complexity index is 352. The van der Waals surface area contributed by atoms with Crippen molar-refractivity contribution in [3.63, 3.8) is 0 Å². The Morgan fingerprint density at radius 1 is 1.17 bits per heavy atom. The van der Waals surface area contributed by atoms with Gasteiger partial charge in [-0.25, -0.2) is 8.78 Å². The Morgan fingerprint density at radius 3 is 2.61 bits per heavy atom. The van der Waals surface area contributed by atoms with Gasteiger partial charge >= 0.3 is 0 Å². The van der Waals surface area contributed by atoms with Crippen LogP contribution in [-0.2, 0) is 6.42 Å². The van der Waals surface area contributed by atoms with Crippen LogP contribution in [0.25, 0.3) is 0 Å². The molecule has 0 aliphatic rings. The van der Waals surface area contributed by atoms with E-state index >= 15 is 0 Å². The molecule has 0 aliphatic carbocycles. The molecule has 18 heavy (non-hydrogen) atoms. The Hall–Kier alpha value is -0.960. The van der Waals surface area contributed by atoms with Gasteiger partial charge in [0.25, 0.3) is 0 Å². The predicted molar refractivity (Wildman–Crippen MR) is 71.7 cm³/mol. The first kappa shape index (κ1) is 15.1. The number of hydrogen-bond donors (Lipinski definition) is 1. The Labute approximate surface area is 109 Å². The summed E-state index contributed by atoms with van der Waals surface area (Å²) in [4.78, 5) is 0. The molecule has 3 heteroatoms. The lowest BCUT2D eigenvalue weighted by Crippen LogP contribution is -2.31. The molecule has 1 unspecified atom stereocenters. The standard InChI is InChI=1S/C15H23F2N/c1-3-5-6-7-14(18-4-2)11-12-10-13(16)8-9-15(12)17/h8-10,14,18H,3-7,11H2,1-2H3. The summed E-state index contributed by atoms with van der Waals surface area (Å²) in [6.07, 6.45) is 5.06. The van der Waals surface area contributed by atoms with Gasteiger partial charge in [0, 0.05) is 6.04 Å². The zero-order chi connectivity index (χ0) is 13.4. The van der Waals surface area contributed by atoms with Gasteiger partial charge in [0.05, 0.1) is 0 Å². The minimum absolute atomic E-state index is 0.234.